The smallest absolute Gasteiger partial charge is 0.129 e. The molecule has 5 heteroatoms. The molecular weight excluding hydrogens is 313 g/mol. The van der Waals surface area contributed by atoms with E-state index in [0.717, 1.165) is 4.47 Å². The summed E-state index contributed by atoms with van der Waals surface area (Å²) in [7, 11) is 0. The molecule has 106 valence electrons. The van der Waals surface area contributed by atoms with Gasteiger partial charge in [-0.2, -0.15) is 0 Å². The average Bonchev–Trinajstić information content (AvgIpc) is 2.67. The number of hydrogen-bond acceptors (Lipinski definition) is 3. The van der Waals surface area contributed by atoms with Gasteiger partial charge in [0.15, 0.2) is 0 Å². The van der Waals surface area contributed by atoms with Gasteiger partial charge in [0.1, 0.15) is 11.4 Å². The van der Waals surface area contributed by atoms with Crippen molar-refractivity contribution in [3.05, 3.63) is 34.1 Å². The van der Waals surface area contributed by atoms with Gasteiger partial charge in [0.25, 0.3) is 0 Å². The predicted molar refractivity (Wildman–Crippen MR) is 75.5 cm³/mol. The number of ether oxygens (including phenoxy) is 1. The van der Waals surface area contributed by atoms with Crippen LogP contribution in [-0.2, 0) is 4.74 Å². The Morgan fingerprint density at radius 3 is 2.95 bits per heavy atom. The Labute approximate surface area is 121 Å². The minimum absolute atomic E-state index is 0.162. The molecule has 1 aromatic carbocycles. The fourth-order valence-corrected chi connectivity index (χ4v) is 2.63. The van der Waals surface area contributed by atoms with E-state index in [1.54, 1.807) is 6.07 Å². The number of nitrogens with one attached hydrogen (secondary N) is 1. The third-order valence-corrected chi connectivity index (χ3v) is 4.30. The lowest BCUT2D eigenvalue weighted by molar-refractivity contribution is -0.0274. The molecule has 0 saturated carbocycles. The maximum absolute atomic E-state index is 13.8. The molecule has 0 aliphatic carbocycles. The Kier molecular flexibility index (Phi) is 4.61. The van der Waals surface area contributed by atoms with Gasteiger partial charge < -0.3 is 15.2 Å². The zero-order valence-corrected chi connectivity index (χ0v) is 12.7. The fraction of sp³-hybridized carbons (Fsp3) is 0.571. The van der Waals surface area contributed by atoms with Crippen LogP contribution in [-0.4, -0.2) is 30.0 Å². The zero-order valence-electron chi connectivity index (χ0n) is 11.1. The molecule has 0 amide bonds. The summed E-state index contributed by atoms with van der Waals surface area (Å²) in [5.74, 6) is -0.253. The summed E-state index contributed by atoms with van der Waals surface area (Å²) < 4.78 is 19.9. The van der Waals surface area contributed by atoms with Crippen LogP contribution in [0.1, 0.15) is 31.9 Å². The number of rotatable bonds is 4. The molecule has 0 spiro atoms. The molecule has 1 aromatic rings. The molecule has 1 saturated heterocycles. The van der Waals surface area contributed by atoms with Gasteiger partial charge in [0.2, 0.25) is 0 Å². The van der Waals surface area contributed by atoms with E-state index in [-0.39, 0.29) is 18.0 Å². The molecule has 1 fully saturated rings. The van der Waals surface area contributed by atoms with E-state index in [0.29, 0.717) is 25.1 Å². The first-order chi connectivity index (χ1) is 8.92. The zero-order chi connectivity index (χ0) is 14.0. The Morgan fingerprint density at radius 2 is 2.37 bits per heavy atom. The van der Waals surface area contributed by atoms with Gasteiger partial charge in [-0.3, -0.25) is 0 Å². The van der Waals surface area contributed by atoms with Gasteiger partial charge in [0.05, 0.1) is 6.10 Å². The number of hydrogen-bond donors (Lipinski definition) is 2. The number of benzene rings is 1. The first kappa shape index (κ1) is 14.9. The second kappa shape index (κ2) is 5.87. The maximum atomic E-state index is 13.8. The van der Waals surface area contributed by atoms with Crippen molar-refractivity contribution in [2.24, 2.45) is 0 Å². The molecule has 19 heavy (non-hydrogen) atoms. The fourth-order valence-electron chi connectivity index (χ4n) is 2.30. The minimum atomic E-state index is -0.861. The third kappa shape index (κ3) is 3.34. The van der Waals surface area contributed by atoms with E-state index in [4.69, 9.17) is 4.74 Å². The Hall–Kier alpha value is -0.490. The van der Waals surface area contributed by atoms with Crippen LogP contribution in [0.25, 0.3) is 0 Å². The van der Waals surface area contributed by atoms with Crippen molar-refractivity contribution in [2.45, 2.75) is 38.0 Å². The molecule has 2 N–H and O–H groups in total. The third-order valence-electron chi connectivity index (χ3n) is 3.80. The molecule has 3 unspecified atom stereocenters. The normalized spacial score (nSPS) is 28.6. The van der Waals surface area contributed by atoms with Crippen molar-refractivity contribution in [3.63, 3.8) is 0 Å². The van der Waals surface area contributed by atoms with Crippen LogP contribution in [0.4, 0.5) is 4.39 Å². The Bertz CT molecular complexity index is 457. The van der Waals surface area contributed by atoms with E-state index in [1.807, 2.05) is 19.9 Å². The summed E-state index contributed by atoms with van der Waals surface area (Å²) >= 11 is 3.24. The van der Waals surface area contributed by atoms with Crippen molar-refractivity contribution in [2.75, 3.05) is 13.2 Å². The highest BCUT2D eigenvalue weighted by atomic mass is 79.9. The molecule has 1 heterocycles. The average molecular weight is 332 g/mol. The van der Waals surface area contributed by atoms with Crippen molar-refractivity contribution in [1.29, 1.82) is 0 Å². The summed E-state index contributed by atoms with van der Waals surface area (Å²) in [6, 6.07) is 4.84. The molecule has 1 aliphatic heterocycles. The molecule has 3 nitrogen and oxygen atoms in total. The standard InChI is InChI=1S/C14H19BrFNO2/c1-9(12-4-3-11(15)7-13(12)16)17-8-14(18)5-6-19-10(14)2/h3-4,7,9-10,17-18H,5-6,8H2,1-2H3. The van der Waals surface area contributed by atoms with E-state index in [2.05, 4.69) is 21.2 Å². The largest absolute Gasteiger partial charge is 0.386 e. The summed E-state index contributed by atoms with van der Waals surface area (Å²) in [5.41, 5.74) is -0.265. The monoisotopic (exact) mass is 331 g/mol. The Morgan fingerprint density at radius 1 is 1.63 bits per heavy atom. The second-order valence-electron chi connectivity index (χ2n) is 5.14. The summed E-state index contributed by atoms with van der Waals surface area (Å²) in [4.78, 5) is 0. The van der Waals surface area contributed by atoms with Gasteiger partial charge in [-0.15, -0.1) is 0 Å². The second-order valence-corrected chi connectivity index (χ2v) is 6.05. The number of aliphatic hydroxyl groups is 1. The van der Waals surface area contributed by atoms with E-state index in [1.165, 1.54) is 6.07 Å². The van der Waals surface area contributed by atoms with Crippen LogP contribution >= 0.6 is 15.9 Å². The van der Waals surface area contributed by atoms with Crippen molar-refractivity contribution in [1.82, 2.24) is 5.32 Å². The quantitative estimate of drug-likeness (QED) is 0.891. The summed E-state index contributed by atoms with van der Waals surface area (Å²) in [5, 5.41) is 13.6. The minimum Gasteiger partial charge on any atom is -0.386 e. The van der Waals surface area contributed by atoms with Gasteiger partial charge >= 0.3 is 0 Å². The topological polar surface area (TPSA) is 41.5 Å². The molecule has 0 aromatic heterocycles. The lowest BCUT2D eigenvalue weighted by Crippen LogP contribution is -2.46. The molecule has 3 atom stereocenters. The highest BCUT2D eigenvalue weighted by Crippen LogP contribution is 2.26. The van der Waals surface area contributed by atoms with Crippen LogP contribution in [0.3, 0.4) is 0 Å². The lowest BCUT2D eigenvalue weighted by atomic mass is 9.96. The maximum Gasteiger partial charge on any atom is 0.129 e. The van der Waals surface area contributed by atoms with E-state index < -0.39 is 5.60 Å². The first-order valence-electron chi connectivity index (χ1n) is 6.45. The van der Waals surface area contributed by atoms with Crippen LogP contribution in [0.2, 0.25) is 0 Å². The van der Waals surface area contributed by atoms with Crippen LogP contribution < -0.4 is 5.32 Å². The number of halogens is 2. The summed E-state index contributed by atoms with van der Waals surface area (Å²) in [6.45, 7) is 4.71. The highest BCUT2D eigenvalue weighted by molar-refractivity contribution is 9.10. The molecule has 0 bridgehead atoms. The predicted octanol–water partition coefficient (Wildman–Crippen LogP) is 2.78. The molecule has 0 radical (unpaired) electrons. The van der Waals surface area contributed by atoms with E-state index >= 15 is 0 Å². The van der Waals surface area contributed by atoms with Gasteiger partial charge in [-0.05, 0) is 26.0 Å². The van der Waals surface area contributed by atoms with Gasteiger partial charge in [-0.1, -0.05) is 22.0 Å². The molecule has 1 aliphatic rings. The van der Waals surface area contributed by atoms with Crippen molar-refractivity contribution in [3.8, 4) is 0 Å². The van der Waals surface area contributed by atoms with Crippen molar-refractivity contribution >= 4 is 15.9 Å². The van der Waals surface area contributed by atoms with Crippen LogP contribution in [0.15, 0.2) is 22.7 Å². The Balaban J connectivity index is 1.99. The van der Waals surface area contributed by atoms with Crippen LogP contribution in [0.5, 0.6) is 0 Å². The van der Waals surface area contributed by atoms with Crippen LogP contribution in [0, 0.1) is 5.82 Å². The summed E-state index contributed by atoms with van der Waals surface area (Å²) in [6.07, 6.45) is 0.415. The highest BCUT2D eigenvalue weighted by Gasteiger charge is 2.39. The SMILES string of the molecule is CC(NCC1(O)CCOC1C)c1ccc(Br)cc1F. The van der Waals surface area contributed by atoms with E-state index in [9.17, 15) is 9.50 Å². The first-order valence-corrected chi connectivity index (χ1v) is 7.24. The van der Waals surface area contributed by atoms with Gasteiger partial charge in [0, 0.05) is 35.7 Å². The van der Waals surface area contributed by atoms with Crippen molar-refractivity contribution < 1.29 is 14.2 Å². The van der Waals surface area contributed by atoms with Gasteiger partial charge in [-0.25, -0.2) is 4.39 Å². The lowest BCUT2D eigenvalue weighted by Gasteiger charge is -2.28. The molecular formula is C14H19BrFNO2. The molecule has 2 rings (SSSR count).